The Morgan fingerprint density at radius 3 is 2.81 bits per heavy atom. The number of amides is 1. The van der Waals surface area contributed by atoms with Crippen LogP contribution in [0.15, 0.2) is 42.5 Å². The molecule has 9 heteroatoms. The van der Waals surface area contributed by atoms with Gasteiger partial charge in [0.05, 0.1) is 17.1 Å². The van der Waals surface area contributed by atoms with E-state index in [1.54, 1.807) is 29.9 Å². The zero-order valence-corrected chi connectivity index (χ0v) is 14.5. The average Bonchev–Trinajstić information content (AvgIpc) is 3.06. The molecule has 1 amide bonds. The lowest BCUT2D eigenvalue weighted by molar-refractivity contribution is -0.114. The first-order valence-electron chi connectivity index (χ1n) is 7.63. The zero-order valence-electron chi connectivity index (χ0n) is 13.8. The molecule has 3 aromatic rings. The Hall–Kier alpha value is -3.44. The van der Waals surface area contributed by atoms with Crippen molar-refractivity contribution >= 4 is 28.9 Å². The zero-order chi connectivity index (χ0) is 18.5. The monoisotopic (exact) mass is 367 g/mol. The minimum absolute atomic E-state index is 0.0676. The van der Waals surface area contributed by atoms with E-state index in [9.17, 15) is 4.79 Å². The number of benzene rings is 2. The second kappa shape index (κ2) is 7.63. The molecular formula is C17H14ClN7O. The van der Waals surface area contributed by atoms with Gasteiger partial charge < -0.3 is 10.6 Å². The van der Waals surface area contributed by atoms with Crippen molar-refractivity contribution in [2.45, 2.75) is 0 Å². The molecule has 0 fully saturated rings. The highest BCUT2D eigenvalue weighted by Crippen LogP contribution is 2.21. The van der Waals surface area contributed by atoms with Crippen LogP contribution in [0.3, 0.4) is 0 Å². The standard InChI is InChI=1S/C17H14ClN7O/c1-25-17(22-23-24-25)11-3-2-4-13(7-11)20-10-16(26)21-14-6-5-12(9-19)15(18)8-14/h2-8,20H,10H2,1H3,(H,21,26). The maximum atomic E-state index is 12.1. The third kappa shape index (κ3) is 3.96. The predicted molar refractivity (Wildman–Crippen MR) is 97.5 cm³/mol. The van der Waals surface area contributed by atoms with E-state index in [0.29, 0.717) is 22.1 Å². The molecule has 2 aromatic carbocycles. The maximum absolute atomic E-state index is 12.1. The molecule has 0 spiro atoms. The Balaban J connectivity index is 1.62. The van der Waals surface area contributed by atoms with Crippen molar-refractivity contribution < 1.29 is 4.79 Å². The number of hydrogen-bond donors (Lipinski definition) is 2. The molecule has 0 saturated heterocycles. The number of tetrazole rings is 1. The number of halogens is 1. The van der Waals surface area contributed by atoms with Crippen LogP contribution in [0.4, 0.5) is 11.4 Å². The van der Waals surface area contributed by atoms with Crippen molar-refractivity contribution in [2.75, 3.05) is 17.2 Å². The van der Waals surface area contributed by atoms with Crippen LogP contribution >= 0.6 is 11.6 Å². The topological polar surface area (TPSA) is 109 Å². The molecule has 2 N–H and O–H groups in total. The number of nitrogens with one attached hydrogen (secondary N) is 2. The molecule has 0 aliphatic rings. The fourth-order valence-electron chi connectivity index (χ4n) is 2.31. The Morgan fingerprint density at radius 1 is 1.27 bits per heavy atom. The van der Waals surface area contributed by atoms with Gasteiger partial charge >= 0.3 is 0 Å². The highest BCUT2D eigenvalue weighted by molar-refractivity contribution is 6.32. The van der Waals surface area contributed by atoms with Crippen LogP contribution in [-0.2, 0) is 11.8 Å². The van der Waals surface area contributed by atoms with E-state index in [2.05, 4.69) is 26.2 Å². The van der Waals surface area contributed by atoms with Gasteiger partial charge in [-0.2, -0.15) is 5.26 Å². The van der Waals surface area contributed by atoms with Gasteiger partial charge in [0, 0.05) is 24.0 Å². The van der Waals surface area contributed by atoms with Crippen molar-refractivity contribution in [2.24, 2.45) is 7.05 Å². The Bertz CT molecular complexity index is 993. The van der Waals surface area contributed by atoms with E-state index in [1.165, 1.54) is 0 Å². The lowest BCUT2D eigenvalue weighted by Gasteiger charge is -2.09. The number of anilines is 2. The summed E-state index contributed by atoms with van der Waals surface area (Å²) in [6.07, 6.45) is 0. The molecule has 0 radical (unpaired) electrons. The van der Waals surface area contributed by atoms with Gasteiger partial charge in [0.15, 0.2) is 5.82 Å². The number of nitrogens with zero attached hydrogens (tertiary/aromatic N) is 5. The minimum atomic E-state index is -0.239. The lowest BCUT2D eigenvalue weighted by atomic mass is 10.2. The Morgan fingerprint density at radius 2 is 2.12 bits per heavy atom. The molecule has 0 bridgehead atoms. The fraction of sp³-hybridized carbons (Fsp3) is 0.118. The van der Waals surface area contributed by atoms with Crippen molar-refractivity contribution in [1.82, 2.24) is 20.2 Å². The van der Waals surface area contributed by atoms with E-state index in [4.69, 9.17) is 16.9 Å². The van der Waals surface area contributed by atoms with Crippen molar-refractivity contribution in [3.05, 3.63) is 53.1 Å². The largest absolute Gasteiger partial charge is 0.376 e. The molecule has 3 rings (SSSR count). The summed E-state index contributed by atoms with van der Waals surface area (Å²) in [5, 5.41) is 26.3. The van der Waals surface area contributed by atoms with E-state index >= 15 is 0 Å². The van der Waals surface area contributed by atoms with Crippen molar-refractivity contribution in [1.29, 1.82) is 5.26 Å². The highest BCUT2D eigenvalue weighted by atomic mass is 35.5. The summed E-state index contributed by atoms with van der Waals surface area (Å²) in [7, 11) is 1.76. The first kappa shape index (κ1) is 17.4. The summed E-state index contributed by atoms with van der Waals surface area (Å²) in [6.45, 7) is 0.0676. The van der Waals surface area contributed by atoms with E-state index in [-0.39, 0.29) is 12.5 Å². The first-order valence-corrected chi connectivity index (χ1v) is 8.01. The predicted octanol–water partition coefficient (Wildman–Crippen LogP) is 2.45. The second-order valence-corrected chi connectivity index (χ2v) is 5.82. The SMILES string of the molecule is Cn1nnnc1-c1cccc(NCC(=O)Nc2ccc(C#N)c(Cl)c2)c1. The molecule has 130 valence electrons. The summed E-state index contributed by atoms with van der Waals surface area (Å²) in [5.41, 5.74) is 2.48. The number of nitriles is 1. The number of carbonyl (C=O) groups excluding carboxylic acids is 1. The second-order valence-electron chi connectivity index (χ2n) is 5.42. The summed E-state index contributed by atoms with van der Waals surface area (Å²) >= 11 is 5.96. The van der Waals surface area contributed by atoms with E-state index in [0.717, 1.165) is 11.3 Å². The smallest absolute Gasteiger partial charge is 0.243 e. The molecule has 0 unspecified atom stereocenters. The molecule has 0 saturated carbocycles. The van der Waals surface area contributed by atoms with Gasteiger partial charge in [0.1, 0.15) is 6.07 Å². The van der Waals surface area contributed by atoms with Gasteiger partial charge in [0.2, 0.25) is 5.91 Å². The van der Waals surface area contributed by atoms with Gasteiger partial charge in [-0.1, -0.05) is 23.7 Å². The van der Waals surface area contributed by atoms with Crippen molar-refractivity contribution in [3.63, 3.8) is 0 Å². The summed E-state index contributed by atoms with van der Waals surface area (Å²) in [6, 6.07) is 14.1. The highest BCUT2D eigenvalue weighted by Gasteiger charge is 2.08. The van der Waals surface area contributed by atoms with Crippen LogP contribution in [0, 0.1) is 11.3 Å². The normalized spacial score (nSPS) is 10.2. The Labute approximate surface area is 154 Å². The third-order valence-electron chi connectivity index (χ3n) is 3.57. The molecule has 0 aliphatic heterocycles. The van der Waals surface area contributed by atoms with Crippen molar-refractivity contribution in [3.8, 4) is 17.5 Å². The summed E-state index contributed by atoms with van der Waals surface area (Å²) in [5.74, 6) is 0.391. The summed E-state index contributed by atoms with van der Waals surface area (Å²) in [4.78, 5) is 12.1. The number of rotatable bonds is 5. The number of carbonyl (C=O) groups is 1. The van der Waals surface area contributed by atoms with Gasteiger partial charge in [-0.15, -0.1) is 5.10 Å². The molecule has 8 nitrogen and oxygen atoms in total. The molecule has 0 aliphatic carbocycles. The minimum Gasteiger partial charge on any atom is -0.376 e. The van der Waals surface area contributed by atoms with Gasteiger partial charge in [-0.3, -0.25) is 4.79 Å². The molecule has 1 heterocycles. The average molecular weight is 368 g/mol. The maximum Gasteiger partial charge on any atom is 0.243 e. The number of hydrogen-bond acceptors (Lipinski definition) is 6. The molecule has 26 heavy (non-hydrogen) atoms. The number of aromatic nitrogens is 4. The number of aryl methyl sites for hydroxylation is 1. The lowest BCUT2D eigenvalue weighted by Crippen LogP contribution is -2.21. The summed E-state index contributed by atoms with van der Waals surface area (Å²) < 4.78 is 1.57. The van der Waals surface area contributed by atoms with Crippen LogP contribution < -0.4 is 10.6 Å². The van der Waals surface area contributed by atoms with E-state index in [1.807, 2.05) is 30.3 Å². The van der Waals surface area contributed by atoms with E-state index < -0.39 is 0 Å². The van der Waals surface area contributed by atoms with Gasteiger partial charge in [0.25, 0.3) is 0 Å². The van der Waals surface area contributed by atoms with Gasteiger partial charge in [-0.25, -0.2) is 4.68 Å². The third-order valence-corrected chi connectivity index (χ3v) is 3.88. The Kier molecular flexibility index (Phi) is 5.10. The molecule has 1 aromatic heterocycles. The van der Waals surface area contributed by atoms with Crippen LogP contribution in [0.5, 0.6) is 0 Å². The van der Waals surface area contributed by atoms with Crippen LogP contribution in [0.2, 0.25) is 5.02 Å². The molecular weight excluding hydrogens is 354 g/mol. The van der Waals surface area contributed by atoms with Crippen LogP contribution in [0.1, 0.15) is 5.56 Å². The molecule has 0 atom stereocenters. The van der Waals surface area contributed by atoms with Crippen LogP contribution in [0.25, 0.3) is 11.4 Å². The fourth-order valence-corrected chi connectivity index (χ4v) is 2.54. The quantitative estimate of drug-likeness (QED) is 0.717. The first-order chi connectivity index (χ1) is 12.6. The van der Waals surface area contributed by atoms with Crippen LogP contribution in [-0.4, -0.2) is 32.7 Å². The van der Waals surface area contributed by atoms with Gasteiger partial charge in [-0.05, 0) is 40.8 Å².